The van der Waals surface area contributed by atoms with E-state index in [2.05, 4.69) is 18.8 Å². The predicted octanol–water partition coefficient (Wildman–Crippen LogP) is 2.62. The van der Waals surface area contributed by atoms with Gasteiger partial charge >= 0.3 is 5.97 Å². The number of hydrogen-bond acceptors (Lipinski definition) is 4. The number of thiazole rings is 1. The van der Waals surface area contributed by atoms with Gasteiger partial charge in [-0.15, -0.1) is 11.3 Å². The van der Waals surface area contributed by atoms with Crippen LogP contribution in [0, 0.1) is 0 Å². The van der Waals surface area contributed by atoms with Crippen molar-refractivity contribution in [1.82, 2.24) is 4.98 Å². The van der Waals surface area contributed by atoms with Gasteiger partial charge in [0.2, 0.25) is 0 Å². The molecule has 4 heteroatoms. The van der Waals surface area contributed by atoms with Crippen molar-refractivity contribution < 1.29 is 9.53 Å². The molecular formula is C10H15NO2S. The minimum atomic E-state index is -0.272. The minimum absolute atomic E-state index is 0.272. The number of carbonyl (C=O) groups is 1. The average Bonchev–Trinajstić information content (AvgIpc) is 2.60. The largest absolute Gasteiger partial charge is 0.465 e. The Hall–Kier alpha value is -0.900. The fourth-order valence-electron chi connectivity index (χ4n) is 1.11. The molecule has 0 atom stereocenters. The van der Waals surface area contributed by atoms with E-state index < -0.39 is 0 Å². The molecule has 0 fully saturated rings. The molecule has 0 unspecified atom stereocenters. The highest BCUT2D eigenvalue weighted by Crippen LogP contribution is 2.25. The van der Waals surface area contributed by atoms with Crippen molar-refractivity contribution in [3.05, 3.63) is 15.6 Å². The standard InChI is InChI=1S/C10H15NO2S/c1-5-7-8(10(12)13-4)14-9(11-7)6(2)3/h6H,5H2,1-4H3. The normalized spacial score (nSPS) is 10.6. The highest BCUT2D eigenvalue weighted by atomic mass is 32.1. The van der Waals surface area contributed by atoms with Crippen LogP contribution in [0.3, 0.4) is 0 Å². The van der Waals surface area contributed by atoms with Gasteiger partial charge in [-0.05, 0) is 6.42 Å². The monoisotopic (exact) mass is 213 g/mol. The zero-order valence-electron chi connectivity index (χ0n) is 8.96. The third-order valence-electron chi connectivity index (χ3n) is 1.91. The van der Waals surface area contributed by atoms with E-state index in [0.29, 0.717) is 10.8 Å². The first-order valence-electron chi connectivity index (χ1n) is 4.68. The molecule has 0 aliphatic rings. The number of aryl methyl sites for hydroxylation is 1. The second-order valence-electron chi connectivity index (χ2n) is 3.33. The number of aromatic nitrogens is 1. The van der Waals surface area contributed by atoms with Crippen molar-refractivity contribution in [2.75, 3.05) is 7.11 Å². The molecule has 1 heterocycles. The third kappa shape index (κ3) is 2.12. The van der Waals surface area contributed by atoms with Crippen LogP contribution in [0.2, 0.25) is 0 Å². The maximum absolute atomic E-state index is 11.4. The maximum atomic E-state index is 11.4. The summed E-state index contributed by atoms with van der Waals surface area (Å²) >= 11 is 1.44. The van der Waals surface area contributed by atoms with E-state index in [0.717, 1.165) is 17.1 Å². The summed E-state index contributed by atoms with van der Waals surface area (Å²) in [5.74, 6) is 0.0926. The Bertz CT molecular complexity index is 331. The lowest BCUT2D eigenvalue weighted by Gasteiger charge is -1.95. The smallest absolute Gasteiger partial charge is 0.349 e. The maximum Gasteiger partial charge on any atom is 0.349 e. The lowest BCUT2D eigenvalue weighted by Crippen LogP contribution is -2.01. The summed E-state index contributed by atoms with van der Waals surface area (Å²) in [5.41, 5.74) is 0.852. The van der Waals surface area contributed by atoms with Crippen LogP contribution in [-0.2, 0) is 11.2 Å². The van der Waals surface area contributed by atoms with Crippen molar-refractivity contribution in [3.63, 3.8) is 0 Å². The van der Waals surface area contributed by atoms with Gasteiger partial charge < -0.3 is 4.74 Å². The number of esters is 1. The van der Waals surface area contributed by atoms with Gasteiger partial charge in [0.1, 0.15) is 4.88 Å². The summed E-state index contributed by atoms with van der Waals surface area (Å²) in [7, 11) is 1.40. The van der Waals surface area contributed by atoms with E-state index in [1.807, 2.05) is 6.92 Å². The first-order chi connectivity index (χ1) is 6.60. The molecule has 0 saturated carbocycles. The van der Waals surface area contributed by atoms with Crippen molar-refractivity contribution in [1.29, 1.82) is 0 Å². The van der Waals surface area contributed by atoms with Crippen LogP contribution >= 0.6 is 11.3 Å². The quantitative estimate of drug-likeness (QED) is 0.724. The first-order valence-corrected chi connectivity index (χ1v) is 5.49. The number of rotatable bonds is 3. The lowest BCUT2D eigenvalue weighted by molar-refractivity contribution is 0.0605. The third-order valence-corrected chi connectivity index (χ3v) is 3.29. The second-order valence-corrected chi connectivity index (χ2v) is 4.36. The zero-order valence-corrected chi connectivity index (χ0v) is 9.77. The highest BCUT2D eigenvalue weighted by Gasteiger charge is 2.18. The molecule has 1 rings (SSSR count). The number of carbonyl (C=O) groups excluding carboxylic acids is 1. The summed E-state index contributed by atoms with van der Waals surface area (Å²) < 4.78 is 4.70. The average molecular weight is 213 g/mol. The van der Waals surface area contributed by atoms with Gasteiger partial charge in [-0.3, -0.25) is 0 Å². The van der Waals surface area contributed by atoms with E-state index in [1.54, 1.807) is 0 Å². The van der Waals surface area contributed by atoms with Gasteiger partial charge in [0, 0.05) is 5.92 Å². The Morgan fingerprint density at radius 3 is 2.64 bits per heavy atom. The van der Waals surface area contributed by atoms with Crippen molar-refractivity contribution in [2.45, 2.75) is 33.1 Å². The molecule has 3 nitrogen and oxygen atoms in total. The molecule has 78 valence electrons. The molecule has 0 saturated heterocycles. The number of hydrogen-bond donors (Lipinski definition) is 0. The van der Waals surface area contributed by atoms with Crippen LogP contribution < -0.4 is 0 Å². The van der Waals surface area contributed by atoms with Crippen molar-refractivity contribution in [3.8, 4) is 0 Å². The van der Waals surface area contributed by atoms with Crippen molar-refractivity contribution in [2.24, 2.45) is 0 Å². The van der Waals surface area contributed by atoms with Crippen LogP contribution in [0.25, 0.3) is 0 Å². The van der Waals surface area contributed by atoms with Gasteiger partial charge in [-0.2, -0.15) is 0 Å². The number of ether oxygens (including phenoxy) is 1. The Morgan fingerprint density at radius 1 is 1.57 bits per heavy atom. The van der Waals surface area contributed by atoms with E-state index >= 15 is 0 Å². The molecule has 0 N–H and O–H groups in total. The minimum Gasteiger partial charge on any atom is -0.465 e. The molecule has 0 aliphatic carbocycles. The molecular weight excluding hydrogens is 198 g/mol. The summed E-state index contributed by atoms with van der Waals surface area (Å²) in [5, 5.41) is 1.00. The lowest BCUT2D eigenvalue weighted by atomic mass is 10.2. The molecule has 14 heavy (non-hydrogen) atoms. The molecule has 0 spiro atoms. The van der Waals surface area contributed by atoms with Gasteiger partial charge in [0.05, 0.1) is 17.8 Å². The molecule has 0 aromatic carbocycles. The zero-order chi connectivity index (χ0) is 10.7. The van der Waals surface area contributed by atoms with Gasteiger partial charge in [0.15, 0.2) is 0 Å². The number of nitrogens with zero attached hydrogens (tertiary/aromatic N) is 1. The Labute approximate surface area is 88.1 Å². The molecule has 0 radical (unpaired) electrons. The molecule has 0 bridgehead atoms. The highest BCUT2D eigenvalue weighted by molar-refractivity contribution is 7.13. The van der Waals surface area contributed by atoms with Crippen LogP contribution in [0.4, 0.5) is 0 Å². The fourth-order valence-corrected chi connectivity index (χ4v) is 2.18. The van der Waals surface area contributed by atoms with E-state index in [1.165, 1.54) is 18.4 Å². The Kier molecular flexibility index (Phi) is 3.63. The van der Waals surface area contributed by atoms with Gasteiger partial charge in [-0.25, -0.2) is 9.78 Å². The number of methoxy groups -OCH3 is 1. The molecule has 0 amide bonds. The summed E-state index contributed by atoms with van der Waals surface area (Å²) in [6, 6.07) is 0. The topological polar surface area (TPSA) is 39.2 Å². The Balaban J connectivity index is 3.08. The van der Waals surface area contributed by atoms with Gasteiger partial charge in [0.25, 0.3) is 0 Å². The summed E-state index contributed by atoms with van der Waals surface area (Å²) in [6.07, 6.45) is 0.771. The van der Waals surface area contributed by atoms with Crippen LogP contribution in [0.15, 0.2) is 0 Å². The van der Waals surface area contributed by atoms with E-state index in [9.17, 15) is 4.79 Å². The Morgan fingerprint density at radius 2 is 2.21 bits per heavy atom. The van der Waals surface area contributed by atoms with Crippen molar-refractivity contribution >= 4 is 17.3 Å². The van der Waals surface area contributed by atoms with Crippen LogP contribution in [-0.4, -0.2) is 18.1 Å². The summed E-state index contributed by atoms with van der Waals surface area (Å²) in [4.78, 5) is 16.4. The first kappa shape index (κ1) is 11.2. The van der Waals surface area contributed by atoms with Crippen LogP contribution in [0.5, 0.6) is 0 Å². The second kappa shape index (κ2) is 4.55. The summed E-state index contributed by atoms with van der Waals surface area (Å²) in [6.45, 7) is 6.13. The fraction of sp³-hybridized carbons (Fsp3) is 0.600. The van der Waals surface area contributed by atoms with E-state index in [-0.39, 0.29) is 5.97 Å². The molecule has 0 aliphatic heterocycles. The predicted molar refractivity (Wildman–Crippen MR) is 56.9 cm³/mol. The molecule has 1 aromatic rings. The van der Waals surface area contributed by atoms with Crippen LogP contribution in [0.1, 0.15) is 47.1 Å². The SMILES string of the molecule is CCc1nc(C(C)C)sc1C(=O)OC. The van der Waals surface area contributed by atoms with E-state index in [4.69, 9.17) is 4.74 Å². The van der Waals surface area contributed by atoms with Gasteiger partial charge in [-0.1, -0.05) is 20.8 Å². The molecule has 1 aromatic heterocycles.